The van der Waals surface area contributed by atoms with Gasteiger partial charge >= 0.3 is 12.1 Å². The van der Waals surface area contributed by atoms with E-state index in [-0.39, 0.29) is 0 Å². The van der Waals surface area contributed by atoms with Crippen molar-refractivity contribution in [2.45, 2.75) is 39.8 Å². The summed E-state index contributed by atoms with van der Waals surface area (Å²) >= 11 is 0. The van der Waals surface area contributed by atoms with E-state index in [1.165, 1.54) is 6.08 Å². The van der Waals surface area contributed by atoms with Gasteiger partial charge in [0.2, 0.25) is 0 Å². The molecule has 102 valence electrons. The summed E-state index contributed by atoms with van der Waals surface area (Å²) in [5, 5.41) is 8.77. The van der Waals surface area contributed by atoms with Crippen LogP contribution in [0, 0.1) is 0 Å². The molecule has 2 nitrogen and oxygen atoms in total. The summed E-state index contributed by atoms with van der Waals surface area (Å²) in [5.41, 5.74) is -1.09. The summed E-state index contributed by atoms with van der Waals surface area (Å²) in [7, 11) is 0. The predicted molar refractivity (Wildman–Crippen MR) is 64.2 cm³/mol. The van der Waals surface area contributed by atoms with Crippen molar-refractivity contribution in [3.8, 4) is 0 Å². The van der Waals surface area contributed by atoms with Crippen molar-refractivity contribution in [2.24, 2.45) is 0 Å². The van der Waals surface area contributed by atoms with E-state index >= 15 is 0 Å². The number of aliphatic carboxylic acids is 1. The van der Waals surface area contributed by atoms with Gasteiger partial charge in [-0.3, -0.25) is 0 Å². The van der Waals surface area contributed by atoms with E-state index in [1.54, 1.807) is 6.92 Å². The third-order valence-corrected chi connectivity index (χ3v) is 2.33. The summed E-state index contributed by atoms with van der Waals surface area (Å²) in [5.74, 6) is -1.58. The number of alkyl halides is 3. The van der Waals surface area contributed by atoms with Gasteiger partial charge in [-0.1, -0.05) is 31.1 Å². The van der Waals surface area contributed by atoms with E-state index < -0.39 is 23.3 Å². The van der Waals surface area contributed by atoms with Gasteiger partial charge in [-0.25, -0.2) is 4.79 Å². The lowest BCUT2D eigenvalue weighted by molar-refractivity contribution is -0.133. The average molecular weight is 262 g/mol. The molecule has 0 aromatic heterocycles. The fraction of sp³-hybridized carbons (Fsp3) is 0.462. The topological polar surface area (TPSA) is 37.3 Å². The second kappa shape index (κ2) is 7.03. The third-order valence-electron chi connectivity index (χ3n) is 2.33. The first kappa shape index (κ1) is 16.5. The number of carboxylic acid groups (broad SMARTS) is 1. The lowest BCUT2D eigenvalue weighted by Crippen LogP contribution is -2.15. The number of rotatable bonds is 5. The van der Waals surface area contributed by atoms with Gasteiger partial charge in [0.25, 0.3) is 0 Å². The van der Waals surface area contributed by atoms with Crippen LogP contribution in [0.15, 0.2) is 34.9 Å². The fourth-order valence-electron chi connectivity index (χ4n) is 1.16. The number of unbranched alkanes of at least 4 members (excludes halogenated alkanes) is 1. The molecule has 0 aliphatic heterocycles. The fourth-order valence-corrected chi connectivity index (χ4v) is 1.16. The van der Waals surface area contributed by atoms with Crippen molar-refractivity contribution in [3.05, 3.63) is 34.9 Å². The molecule has 0 rings (SSSR count). The summed E-state index contributed by atoms with van der Waals surface area (Å²) in [6.07, 6.45) is 1.33. The SMILES string of the molecule is CCC/C=C(C)/C=C\C(C(=O)O)=C(/C)C(F)(F)F. The highest BCUT2D eigenvalue weighted by molar-refractivity contribution is 5.91. The summed E-state index contributed by atoms with van der Waals surface area (Å²) in [4.78, 5) is 10.8. The van der Waals surface area contributed by atoms with Crippen LogP contribution in [-0.2, 0) is 4.79 Å². The first-order valence-electron chi connectivity index (χ1n) is 5.56. The molecular weight excluding hydrogens is 245 g/mol. The zero-order valence-electron chi connectivity index (χ0n) is 10.6. The molecule has 0 saturated carbocycles. The maximum absolute atomic E-state index is 12.4. The summed E-state index contributed by atoms with van der Waals surface area (Å²) in [6.45, 7) is 4.46. The Balaban J connectivity index is 5.20. The molecule has 0 saturated heterocycles. The normalized spacial score (nSPS) is 14.9. The Kier molecular flexibility index (Phi) is 6.44. The highest BCUT2D eigenvalue weighted by atomic mass is 19.4. The van der Waals surface area contributed by atoms with Crippen molar-refractivity contribution in [2.75, 3.05) is 0 Å². The molecule has 0 amide bonds. The van der Waals surface area contributed by atoms with Crippen LogP contribution in [0.4, 0.5) is 13.2 Å². The largest absolute Gasteiger partial charge is 0.478 e. The Morgan fingerprint density at radius 2 is 1.78 bits per heavy atom. The van der Waals surface area contributed by atoms with Gasteiger partial charge in [0, 0.05) is 5.57 Å². The Morgan fingerprint density at radius 1 is 1.22 bits per heavy atom. The number of halogens is 3. The van der Waals surface area contributed by atoms with E-state index in [2.05, 4.69) is 0 Å². The highest BCUT2D eigenvalue weighted by Gasteiger charge is 2.33. The number of allylic oxidation sites excluding steroid dienone is 4. The van der Waals surface area contributed by atoms with Crippen LogP contribution in [0.3, 0.4) is 0 Å². The van der Waals surface area contributed by atoms with Crippen molar-refractivity contribution in [1.82, 2.24) is 0 Å². The van der Waals surface area contributed by atoms with Gasteiger partial charge in [0.1, 0.15) is 0 Å². The van der Waals surface area contributed by atoms with Crippen LogP contribution < -0.4 is 0 Å². The molecule has 0 radical (unpaired) electrons. The van der Waals surface area contributed by atoms with Gasteiger partial charge in [0.05, 0.1) is 5.57 Å². The quantitative estimate of drug-likeness (QED) is 0.594. The number of hydrogen-bond donors (Lipinski definition) is 1. The van der Waals surface area contributed by atoms with E-state index in [4.69, 9.17) is 5.11 Å². The van der Waals surface area contributed by atoms with Gasteiger partial charge in [-0.2, -0.15) is 13.2 Å². The molecule has 0 unspecified atom stereocenters. The smallest absolute Gasteiger partial charge is 0.413 e. The monoisotopic (exact) mass is 262 g/mol. The maximum Gasteiger partial charge on any atom is 0.413 e. The van der Waals surface area contributed by atoms with Crippen LogP contribution in [0.2, 0.25) is 0 Å². The maximum atomic E-state index is 12.4. The van der Waals surface area contributed by atoms with Crippen LogP contribution in [0.1, 0.15) is 33.6 Å². The summed E-state index contributed by atoms with van der Waals surface area (Å²) < 4.78 is 37.3. The molecule has 0 fully saturated rings. The van der Waals surface area contributed by atoms with Gasteiger partial charge in [0.15, 0.2) is 0 Å². The van der Waals surface area contributed by atoms with Crippen LogP contribution in [-0.4, -0.2) is 17.3 Å². The Hall–Kier alpha value is -1.52. The molecule has 0 aromatic rings. The standard InChI is InChI=1S/C13H17F3O2/c1-4-5-6-9(2)7-8-11(12(17)18)10(3)13(14,15)16/h6-8H,4-5H2,1-3H3,(H,17,18)/b8-7-,9-6+,11-10-. The molecular formula is C13H17F3O2. The van der Waals surface area contributed by atoms with Crippen molar-refractivity contribution in [1.29, 1.82) is 0 Å². The van der Waals surface area contributed by atoms with E-state index in [0.717, 1.165) is 31.4 Å². The van der Waals surface area contributed by atoms with E-state index in [9.17, 15) is 18.0 Å². The second-order valence-corrected chi connectivity index (χ2v) is 3.91. The van der Waals surface area contributed by atoms with Crippen molar-refractivity contribution >= 4 is 5.97 Å². The third kappa shape index (κ3) is 5.70. The molecule has 0 heterocycles. The van der Waals surface area contributed by atoms with Crippen molar-refractivity contribution < 1.29 is 23.1 Å². The summed E-state index contributed by atoms with van der Waals surface area (Å²) in [6, 6.07) is 0. The first-order valence-corrected chi connectivity index (χ1v) is 5.56. The Labute approximate surface area is 105 Å². The Bertz CT molecular complexity index is 388. The lowest BCUT2D eigenvalue weighted by atomic mass is 10.1. The van der Waals surface area contributed by atoms with Crippen LogP contribution in [0.25, 0.3) is 0 Å². The molecule has 1 N–H and O–H groups in total. The zero-order chi connectivity index (χ0) is 14.3. The van der Waals surface area contributed by atoms with Crippen LogP contribution in [0.5, 0.6) is 0 Å². The van der Waals surface area contributed by atoms with Crippen molar-refractivity contribution in [3.63, 3.8) is 0 Å². The van der Waals surface area contributed by atoms with E-state index in [0.29, 0.717) is 0 Å². The average Bonchev–Trinajstić information content (AvgIpc) is 2.24. The molecule has 0 spiro atoms. The molecule has 0 aliphatic carbocycles. The molecule has 0 atom stereocenters. The second-order valence-electron chi connectivity index (χ2n) is 3.91. The molecule has 0 aliphatic rings. The minimum Gasteiger partial charge on any atom is -0.478 e. The molecule has 0 aromatic carbocycles. The molecule has 18 heavy (non-hydrogen) atoms. The Morgan fingerprint density at radius 3 is 2.17 bits per heavy atom. The van der Waals surface area contributed by atoms with E-state index in [1.807, 2.05) is 13.0 Å². The minimum absolute atomic E-state index is 0.730. The number of carbonyl (C=O) groups is 1. The molecule has 5 heteroatoms. The number of hydrogen-bond acceptors (Lipinski definition) is 1. The predicted octanol–water partition coefficient (Wildman–Crippen LogP) is 4.25. The van der Waals surface area contributed by atoms with Gasteiger partial charge in [-0.15, -0.1) is 0 Å². The minimum atomic E-state index is -4.63. The van der Waals surface area contributed by atoms with Gasteiger partial charge < -0.3 is 5.11 Å². The lowest BCUT2D eigenvalue weighted by Gasteiger charge is -2.08. The highest BCUT2D eigenvalue weighted by Crippen LogP contribution is 2.28. The zero-order valence-corrected chi connectivity index (χ0v) is 10.6. The first-order chi connectivity index (χ1) is 8.20. The molecule has 0 bridgehead atoms. The van der Waals surface area contributed by atoms with Gasteiger partial charge in [-0.05, 0) is 26.3 Å². The number of carboxylic acids is 1. The van der Waals surface area contributed by atoms with Crippen LogP contribution >= 0.6 is 0 Å².